The second kappa shape index (κ2) is 6.93. The van der Waals surface area contributed by atoms with Crippen LogP contribution in [0.2, 0.25) is 5.02 Å². The number of hydrogen-bond donors (Lipinski definition) is 1. The molecule has 0 fully saturated rings. The van der Waals surface area contributed by atoms with Crippen molar-refractivity contribution in [3.63, 3.8) is 0 Å². The van der Waals surface area contributed by atoms with E-state index in [-0.39, 0.29) is 17.2 Å². The van der Waals surface area contributed by atoms with E-state index in [1.54, 1.807) is 12.1 Å². The molecule has 7 nitrogen and oxygen atoms in total. The number of halogens is 1. The first kappa shape index (κ1) is 17.2. The molecule has 0 saturated heterocycles. The SMILES string of the molecule is CCOC(CC1=NS(=O)(=O)c2cc(Cl)ccc2N1N)OCC. The Morgan fingerprint density at radius 3 is 2.55 bits per heavy atom. The van der Waals surface area contributed by atoms with Crippen LogP contribution >= 0.6 is 11.6 Å². The number of sulfonamides is 1. The Hall–Kier alpha value is -1.19. The van der Waals surface area contributed by atoms with E-state index in [1.807, 2.05) is 13.8 Å². The van der Waals surface area contributed by atoms with E-state index in [0.29, 0.717) is 23.9 Å². The van der Waals surface area contributed by atoms with Gasteiger partial charge in [0.15, 0.2) is 6.29 Å². The fourth-order valence-electron chi connectivity index (χ4n) is 2.09. The molecule has 0 spiro atoms. The molecule has 0 bridgehead atoms. The van der Waals surface area contributed by atoms with Gasteiger partial charge in [0.05, 0.1) is 12.1 Å². The number of benzene rings is 1. The number of ether oxygens (including phenoxy) is 2. The van der Waals surface area contributed by atoms with Crippen molar-refractivity contribution < 1.29 is 17.9 Å². The first-order valence-corrected chi connectivity index (χ1v) is 8.62. The summed E-state index contributed by atoms with van der Waals surface area (Å²) in [7, 11) is -3.85. The lowest BCUT2D eigenvalue weighted by Gasteiger charge is -2.28. The van der Waals surface area contributed by atoms with E-state index >= 15 is 0 Å². The third kappa shape index (κ3) is 3.58. The number of nitrogens with two attached hydrogens (primary N) is 1. The Labute approximate surface area is 134 Å². The number of amidine groups is 1. The van der Waals surface area contributed by atoms with Gasteiger partial charge in [-0.25, -0.2) is 5.84 Å². The highest BCUT2D eigenvalue weighted by molar-refractivity contribution is 7.90. The maximum absolute atomic E-state index is 12.3. The third-order valence-electron chi connectivity index (χ3n) is 3.02. The minimum Gasteiger partial charge on any atom is -0.352 e. The highest BCUT2D eigenvalue weighted by Gasteiger charge is 2.31. The van der Waals surface area contributed by atoms with Gasteiger partial charge in [0.1, 0.15) is 10.7 Å². The smallest absolute Gasteiger partial charge is 0.286 e. The molecule has 0 radical (unpaired) electrons. The van der Waals surface area contributed by atoms with E-state index in [9.17, 15) is 8.42 Å². The molecule has 1 aliphatic rings. The van der Waals surface area contributed by atoms with Crippen LogP contribution in [0.3, 0.4) is 0 Å². The summed E-state index contributed by atoms with van der Waals surface area (Å²) in [4.78, 5) is -0.0179. The number of hydrazine groups is 1. The Balaban J connectivity index is 2.35. The van der Waals surface area contributed by atoms with Gasteiger partial charge in [0, 0.05) is 18.2 Å². The summed E-state index contributed by atoms with van der Waals surface area (Å²) in [6.45, 7) is 4.51. The first-order chi connectivity index (χ1) is 10.4. The zero-order valence-corrected chi connectivity index (χ0v) is 13.9. The largest absolute Gasteiger partial charge is 0.352 e. The van der Waals surface area contributed by atoms with Gasteiger partial charge in [0.25, 0.3) is 10.0 Å². The van der Waals surface area contributed by atoms with Crippen LogP contribution in [0.5, 0.6) is 0 Å². The van der Waals surface area contributed by atoms with Crippen LogP contribution < -0.4 is 10.9 Å². The predicted octanol–water partition coefficient (Wildman–Crippen LogP) is 1.91. The van der Waals surface area contributed by atoms with Crippen molar-refractivity contribution in [2.75, 3.05) is 18.2 Å². The molecule has 0 amide bonds. The number of fused-ring (bicyclic) bond motifs is 1. The maximum Gasteiger partial charge on any atom is 0.286 e. The molecule has 22 heavy (non-hydrogen) atoms. The van der Waals surface area contributed by atoms with E-state index in [4.69, 9.17) is 26.9 Å². The summed E-state index contributed by atoms with van der Waals surface area (Å²) < 4.78 is 39.1. The van der Waals surface area contributed by atoms with Crippen molar-refractivity contribution in [3.05, 3.63) is 23.2 Å². The lowest BCUT2D eigenvalue weighted by molar-refractivity contribution is -0.130. The summed E-state index contributed by atoms with van der Waals surface area (Å²) in [5.74, 6) is 6.14. The second-order valence-electron chi connectivity index (χ2n) is 4.51. The second-order valence-corrected chi connectivity index (χ2v) is 6.52. The van der Waals surface area contributed by atoms with Crippen molar-refractivity contribution in [2.24, 2.45) is 10.2 Å². The fourth-order valence-corrected chi connectivity index (χ4v) is 3.57. The van der Waals surface area contributed by atoms with Gasteiger partial charge in [-0.15, -0.1) is 4.40 Å². The molecule has 0 unspecified atom stereocenters. The Kier molecular flexibility index (Phi) is 5.41. The Morgan fingerprint density at radius 2 is 1.95 bits per heavy atom. The molecule has 2 N–H and O–H groups in total. The zero-order chi connectivity index (χ0) is 16.3. The minimum absolute atomic E-state index is 0.0179. The molecule has 1 heterocycles. The number of rotatable bonds is 6. The highest BCUT2D eigenvalue weighted by atomic mass is 35.5. The molecule has 1 aliphatic heterocycles. The van der Waals surface area contributed by atoms with Crippen LogP contribution in [-0.2, 0) is 19.5 Å². The van der Waals surface area contributed by atoms with Crippen LogP contribution in [0.1, 0.15) is 20.3 Å². The van der Waals surface area contributed by atoms with Crippen LogP contribution in [0, 0.1) is 0 Å². The van der Waals surface area contributed by atoms with Crippen LogP contribution in [0.15, 0.2) is 27.5 Å². The van der Waals surface area contributed by atoms with Gasteiger partial charge in [0.2, 0.25) is 0 Å². The minimum atomic E-state index is -3.85. The summed E-state index contributed by atoms with van der Waals surface area (Å²) in [6.07, 6.45) is -0.483. The van der Waals surface area contributed by atoms with Crippen molar-refractivity contribution >= 4 is 33.1 Å². The normalized spacial score (nSPS) is 16.6. The predicted molar refractivity (Wildman–Crippen MR) is 84.4 cm³/mol. The lowest BCUT2D eigenvalue weighted by atomic mass is 10.2. The summed E-state index contributed by atoms with van der Waals surface area (Å²) >= 11 is 5.84. The average Bonchev–Trinajstić information content (AvgIpc) is 2.45. The topological polar surface area (TPSA) is 94.2 Å². The van der Waals surface area contributed by atoms with Gasteiger partial charge in [-0.3, -0.25) is 5.01 Å². The summed E-state index contributed by atoms with van der Waals surface area (Å²) in [5, 5.41) is 1.52. The summed E-state index contributed by atoms with van der Waals surface area (Å²) in [6, 6.07) is 4.44. The Bertz CT molecular complexity index is 672. The quantitative estimate of drug-likeness (QED) is 0.624. The van der Waals surface area contributed by atoms with Crippen molar-refractivity contribution in [2.45, 2.75) is 31.5 Å². The number of anilines is 1. The molecule has 1 aromatic rings. The molecule has 1 aromatic carbocycles. The fraction of sp³-hybridized carbons (Fsp3) is 0.462. The van der Waals surface area contributed by atoms with Crippen molar-refractivity contribution in [1.82, 2.24) is 0 Å². The lowest BCUT2D eigenvalue weighted by Crippen LogP contribution is -2.43. The van der Waals surface area contributed by atoms with Crippen molar-refractivity contribution in [1.29, 1.82) is 0 Å². The van der Waals surface area contributed by atoms with Crippen molar-refractivity contribution in [3.8, 4) is 0 Å². The van der Waals surface area contributed by atoms with E-state index < -0.39 is 16.3 Å². The van der Waals surface area contributed by atoms with Gasteiger partial charge in [-0.1, -0.05) is 11.6 Å². The Morgan fingerprint density at radius 1 is 1.32 bits per heavy atom. The van der Waals surface area contributed by atoms with Gasteiger partial charge < -0.3 is 9.47 Å². The molecule has 0 aromatic heterocycles. The molecular formula is C13H18ClN3O4S. The number of hydrogen-bond acceptors (Lipinski definition) is 6. The third-order valence-corrected chi connectivity index (χ3v) is 4.59. The zero-order valence-electron chi connectivity index (χ0n) is 12.3. The van der Waals surface area contributed by atoms with Gasteiger partial charge in [-0.05, 0) is 32.0 Å². The van der Waals surface area contributed by atoms with E-state index in [0.717, 1.165) is 0 Å². The highest BCUT2D eigenvalue weighted by Crippen LogP contribution is 2.33. The molecule has 2 rings (SSSR count). The van der Waals surface area contributed by atoms with E-state index in [2.05, 4.69) is 4.40 Å². The standard InChI is InChI=1S/C13H18ClN3O4S/c1-3-20-13(21-4-2)8-12-16-22(18,19)11-7-9(14)5-6-10(11)17(12)15/h5-7,13H,3-4,8,15H2,1-2H3. The van der Waals surface area contributed by atoms with Crippen LogP contribution in [0.25, 0.3) is 0 Å². The monoisotopic (exact) mass is 347 g/mol. The molecule has 122 valence electrons. The molecule has 0 aliphatic carbocycles. The average molecular weight is 348 g/mol. The van der Waals surface area contributed by atoms with Crippen LogP contribution in [0.4, 0.5) is 5.69 Å². The molecule has 0 saturated carbocycles. The van der Waals surface area contributed by atoms with Crippen LogP contribution in [-0.4, -0.2) is 33.8 Å². The maximum atomic E-state index is 12.3. The molecular weight excluding hydrogens is 330 g/mol. The van der Waals surface area contributed by atoms with Gasteiger partial charge in [-0.2, -0.15) is 8.42 Å². The van der Waals surface area contributed by atoms with Gasteiger partial charge >= 0.3 is 0 Å². The summed E-state index contributed by atoms with van der Waals surface area (Å²) in [5.41, 5.74) is 0.321. The first-order valence-electron chi connectivity index (χ1n) is 6.80. The van der Waals surface area contributed by atoms with E-state index in [1.165, 1.54) is 11.1 Å². The number of nitrogens with zero attached hydrogens (tertiary/aromatic N) is 2. The molecule has 0 atom stereocenters. The molecule has 9 heteroatoms.